The minimum Gasteiger partial charge on any atom is -0.492 e. The fraction of sp³-hybridized carbons (Fsp3) is 0.200. The van der Waals surface area contributed by atoms with Crippen molar-refractivity contribution < 1.29 is 9.53 Å². The van der Waals surface area contributed by atoms with Gasteiger partial charge in [0.2, 0.25) is 5.91 Å². The number of amides is 1. The number of ether oxygens (including phenoxy) is 1. The Morgan fingerprint density at radius 1 is 1.18 bits per heavy atom. The maximum atomic E-state index is 11.8. The van der Waals surface area contributed by atoms with Gasteiger partial charge in [0.15, 0.2) is 0 Å². The van der Waals surface area contributed by atoms with Crippen molar-refractivity contribution in [2.24, 2.45) is 0 Å². The third-order valence-electron chi connectivity index (χ3n) is 2.73. The number of pyridine rings is 1. The van der Waals surface area contributed by atoms with Crippen LogP contribution in [-0.2, 0) is 4.79 Å². The highest BCUT2D eigenvalue weighted by Crippen LogP contribution is 2.31. The predicted octanol–water partition coefficient (Wildman–Crippen LogP) is 4.84. The number of benzene rings is 1. The molecular weight excluding hydrogens is 347 g/mol. The molecule has 0 radical (unpaired) electrons. The van der Waals surface area contributed by atoms with E-state index in [1.54, 1.807) is 30.3 Å². The van der Waals surface area contributed by atoms with Crippen molar-refractivity contribution in [3.05, 3.63) is 51.7 Å². The summed E-state index contributed by atoms with van der Waals surface area (Å²) in [5, 5.41) is 3.92. The molecule has 2 rings (SSSR count). The zero-order chi connectivity index (χ0) is 15.9. The minimum atomic E-state index is -0.120. The van der Waals surface area contributed by atoms with Crippen molar-refractivity contribution in [3.63, 3.8) is 0 Å². The average Bonchev–Trinajstić information content (AvgIpc) is 2.50. The molecule has 0 aliphatic carbocycles. The zero-order valence-corrected chi connectivity index (χ0v) is 13.8. The summed E-state index contributed by atoms with van der Waals surface area (Å²) in [7, 11) is 0. The molecule has 4 nitrogen and oxygen atoms in total. The Morgan fingerprint density at radius 3 is 2.73 bits per heavy atom. The van der Waals surface area contributed by atoms with Crippen LogP contribution in [0.4, 0.5) is 5.69 Å². The molecule has 0 atom stereocenters. The van der Waals surface area contributed by atoms with E-state index in [1.165, 1.54) is 6.20 Å². The smallest absolute Gasteiger partial charge is 0.224 e. The number of nitrogens with zero attached hydrogens (tertiary/aromatic N) is 1. The van der Waals surface area contributed by atoms with E-state index >= 15 is 0 Å². The van der Waals surface area contributed by atoms with E-state index in [1.807, 2.05) is 0 Å². The molecule has 7 heteroatoms. The van der Waals surface area contributed by atoms with Gasteiger partial charge in [0.05, 0.1) is 23.5 Å². The van der Waals surface area contributed by atoms with Crippen LogP contribution in [0.25, 0.3) is 0 Å². The van der Waals surface area contributed by atoms with Gasteiger partial charge in [-0.2, -0.15) is 0 Å². The molecule has 22 heavy (non-hydrogen) atoms. The number of nitrogens with one attached hydrogen (secondary N) is 1. The number of halogens is 3. The monoisotopic (exact) mass is 358 g/mol. The molecule has 1 aromatic carbocycles. The lowest BCUT2D eigenvalue weighted by molar-refractivity contribution is -0.116. The van der Waals surface area contributed by atoms with Gasteiger partial charge in [0.25, 0.3) is 0 Å². The van der Waals surface area contributed by atoms with Gasteiger partial charge in [-0.1, -0.05) is 40.9 Å². The number of carbonyl (C=O) groups is 1. The highest BCUT2D eigenvalue weighted by molar-refractivity contribution is 6.42. The highest BCUT2D eigenvalue weighted by atomic mass is 35.5. The fourth-order valence-electron chi connectivity index (χ4n) is 1.68. The van der Waals surface area contributed by atoms with Crippen molar-refractivity contribution in [3.8, 4) is 5.75 Å². The fourth-order valence-corrected chi connectivity index (χ4v) is 2.14. The van der Waals surface area contributed by atoms with E-state index in [-0.39, 0.29) is 5.91 Å². The molecule has 2 aromatic rings. The van der Waals surface area contributed by atoms with Crippen LogP contribution >= 0.6 is 34.8 Å². The third-order valence-corrected chi connectivity index (χ3v) is 3.76. The van der Waals surface area contributed by atoms with E-state index in [0.29, 0.717) is 46.1 Å². The molecule has 1 N–H and O–H groups in total. The zero-order valence-electron chi connectivity index (χ0n) is 11.5. The molecule has 0 aliphatic heterocycles. The molecule has 0 unspecified atom stereocenters. The first-order chi connectivity index (χ1) is 10.6. The van der Waals surface area contributed by atoms with Gasteiger partial charge < -0.3 is 10.1 Å². The maximum Gasteiger partial charge on any atom is 0.224 e. The summed E-state index contributed by atoms with van der Waals surface area (Å²) in [4.78, 5) is 15.6. The van der Waals surface area contributed by atoms with Gasteiger partial charge in [0.1, 0.15) is 15.9 Å². The number of carbonyl (C=O) groups excluding carboxylic acids is 1. The molecule has 0 aliphatic rings. The average molecular weight is 360 g/mol. The second-order valence-electron chi connectivity index (χ2n) is 4.42. The number of hydrogen-bond acceptors (Lipinski definition) is 3. The Morgan fingerprint density at radius 2 is 2.00 bits per heavy atom. The van der Waals surface area contributed by atoms with Crippen molar-refractivity contribution in [1.29, 1.82) is 0 Å². The molecule has 116 valence electrons. The van der Waals surface area contributed by atoms with Gasteiger partial charge in [-0.15, -0.1) is 0 Å². The summed E-state index contributed by atoms with van der Waals surface area (Å²) < 4.78 is 5.51. The van der Waals surface area contributed by atoms with Crippen LogP contribution in [0.1, 0.15) is 12.8 Å². The summed E-state index contributed by atoms with van der Waals surface area (Å²) in [6, 6.07) is 8.47. The van der Waals surface area contributed by atoms with Crippen molar-refractivity contribution in [2.45, 2.75) is 12.8 Å². The van der Waals surface area contributed by atoms with E-state index in [9.17, 15) is 4.79 Å². The lowest BCUT2D eigenvalue weighted by atomic mass is 10.3. The number of anilines is 1. The molecule has 1 amide bonds. The van der Waals surface area contributed by atoms with Crippen molar-refractivity contribution in [2.75, 3.05) is 11.9 Å². The number of hydrogen-bond donors (Lipinski definition) is 1. The Labute approximate surface area is 143 Å². The van der Waals surface area contributed by atoms with Gasteiger partial charge in [-0.3, -0.25) is 4.79 Å². The van der Waals surface area contributed by atoms with Crippen molar-refractivity contribution >= 4 is 46.4 Å². The van der Waals surface area contributed by atoms with Crippen LogP contribution in [0.2, 0.25) is 15.2 Å². The lowest BCUT2D eigenvalue weighted by Crippen LogP contribution is -2.13. The normalized spacial score (nSPS) is 10.3. The summed E-state index contributed by atoms with van der Waals surface area (Å²) in [6.07, 6.45) is 2.37. The van der Waals surface area contributed by atoms with Gasteiger partial charge in [-0.25, -0.2) is 4.98 Å². The van der Waals surface area contributed by atoms with Crippen LogP contribution in [0.15, 0.2) is 36.5 Å². The van der Waals surface area contributed by atoms with E-state index in [0.717, 1.165) is 0 Å². The van der Waals surface area contributed by atoms with Gasteiger partial charge in [0, 0.05) is 6.42 Å². The first-order valence-corrected chi connectivity index (χ1v) is 7.68. The van der Waals surface area contributed by atoms with Crippen LogP contribution in [0, 0.1) is 0 Å². The van der Waals surface area contributed by atoms with Crippen molar-refractivity contribution in [1.82, 2.24) is 4.98 Å². The number of rotatable bonds is 6. The minimum absolute atomic E-state index is 0.120. The third kappa shape index (κ3) is 5.05. The first-order valence-electron chi connectivity index (χ1n) is 6.54. The Bertz CT molecular complexity index is 648. The van der Waals surface area contributed by atoms with Gasteiger partial charge in [-0.05, 0) is 30.7 Å². The summed E-state index contributed by atoms with van der Waals surface area (Å²) in [6.45, 7) is 0.367. The van der Waals surface area contributed by atoms with Crippen LogP contribution in [-0.4, -0.2) is 17.5 Å². The molecule has 0 bridgehead atoms. The van der Waals surface area contributed by atoms with Crippen LogP contribution < -0.4 is 10.1 Å². The SMILES string of the molecule is O=C(CCCOc1cccc(Cl)c1Cl)Nc1ccc(Cl)nc1. The largest absolute Gasteiger partial charge is 0.492 e. The molecule has 1 aromatic heterocycles. The molecule has 1 heterocycles. The Balaban J connectivity index is 1.73. The summed E-state index contributed by atoms with van der Waals surface area (Å²) in [5.74, 6) is 0.390. The van der Waals surface area contributed by atoms with Crippen LogP contribution in [0.3, 0.4) is 0 Å². The van der Waals surface area contributed by atoms with E-state index < -0.39 is 0 Å². The molecule has 0 saturated carbocycles. The molecular formula is C15H13Cl3N2O2. The summed E-state index contributed by atoms with van der Waals surface area (Å²) in [5.41, 5.74) is 0.605. The van der Waals surface area contributed by atoms with E-state index in [2.05, 4.69) is 10.3 Å². The second-order valence-corrected chi connectivity index (χ2v) is 5.59. The quantitative estimate of drug-likeness (QED) is 0.593. The Kier molecular flexibility index (Phi) is 6.31. The lowest BCUT2D eigenvalue weighted by Gasteiger charge is -2.09. The topological polar surface area (TPSA) is 51.2 Å². The summed E-state index contributed by atoms with van der Waals surface area (Å²) >= 11 is 17.6. The second kappa shape index (κ2) is 8.22. The molecule has 0 fully saturated rings. The predicted molar refractivity (Wildman–Crippen MR) is 89.1 cm³/mol. The molecule has 0 spiro atoms. The Hall–Kier alpha value is -1.49. The number of aromatic nitrogens is 1. The van der Waals surface area contributed by atoms with Crippen LogP contribution in [0.5, 0.6) is 5.75 Å². The van der Waals surface area contributed by atoms with E-state index in [4.69, 9.17) is 39.5 Å². The standard InChI is InChI=1S/C15H13Cl3N2O2/c16-11-3-1-4-12(15(11)18)22-8-2-5-14(21)20-10-6-7-13(17)19-9-10/h1,3-4,6-7,9H,2,5,8H2,(H,20,21). The maximum absolute atomic E-state index is 11.8. The highest BCUT2D eigenvalue weighted by Gasteiger charge is 2.06. The first kappa shape index (κ1) is 16.9. The molecule has 0 saturated heterocycles. The van der Waals surface area contributed by atoms with Gasteiger partial charge >= 0.3 is 0 Å².